The van der Waals surface area contributed by atoms with Gasteiger partial charge in [-0.2, -0.15) is 0 Å². The van der Waals surface area contributed by atoms with Crippen LogP contribution in [0.15, 0.2) is 70.1 Å². The first-order valence-corrected chi connectivity index (χ1v) is 13.0. The molecule has 0 amide bonds. The Kier molecular flexibility index (Phi) is 8.25. The van der Waals surface area contributed by atoms with Crippen LogP contribution in [0.3, 0.4) is 0 Å². The fourth-order valence-corrected chi connectivity index (χ4v) is 5.28. The number of hydrogen-bond donors (Lipinski definition) is 1. The molecule has 1 aliphatic heterocycles. The zero-order valence-corrected chi connectivity index (χ0v) is 23.2. The Morgan fingerprint density at radius 1 is 1.15 bits per heavy atom. The molecule has 0 aliphatic carbocycles. The molecular weight excluding hydrogens is 520 g/mol. The molecule has 0 spiro atoms. The van der Waals surface area contributed by atoms with Gasteiger partial charge in [0.05, 0.1) is 42.2 Å². The van der Waals surface area contributed by atoms with E-state index in [2.05, 4.69) is 11.6 Å². The van der Waals surface area contributed by atoms with E-state index in [1.165, 1.54) is 36.2 Å². The van der Waals surface area contributed by atoms with E-state index in [-0.39, 0.29) is 28.7 Å². The van der Waals surface area contributed by atoms with Gasteiger partial charge in [0.15, 0.2) is 27.8 Å². The van der Waals surface area contributed by atoms with E-state index in [0.717, 1.165) is 0 Å². The topological polar surface area (TPSA) is 109 Å². The number of carbonyl (C=O) groups excluding carboxylic acids is 1. The molecule has 204 valence electrons. The zero-order chi connectivity index (χ0) is 28.3. The van der Waals surface area contributed by atoms with Gasteiger partial charge in [0.1, 0.15) is 6.61 Å². The molecule has 10 heteroatoms. The number of fused-ring (bicyclic) bond motifs is 1. The average molecular weight is 551 g/mol. The van der Waals surface area contributed by atoms with Crippen molar-refractivity contribution in [1.29, 1.82) is 0 Å². The number of carbonyl (C=O) groups is 1. The van der Waals surface area contributed by atoms with Crippen molar-refractivity contribution < 1.29 is 28.8 Å². The van der Waals surface area contributed by atoms with Crippen LogP contribution in [0.5, 0.6) is 23.0 Å². The highest BCUT2D eigenvalue weighted by molar-refractivity contribution is 7.07. The Balaban J connectivity index is 1.93. The monoisotopic (exact) mass is 550 g/mol. The number of thiazole rings is 1. The SMILES string of the molecule is C=CCOc1ccc(C2C(C(=O)OC(C)C)=C(C)N=c3s/c(=C\c4ccc(O)c(OC)c4)c(=O)n32)cc1OC. The van der Waals surface area contributed by atoms with Gasteiger partial charge < -0.3 is 24.1 Å². The predicted molar refractivity (Wildman–Crippen MR) is 148 cm³/mol. The van der Waals surface area contributed by atoms with Crippen molar-refractivity contribution in [2.45, 2.75) is 32.9 Å². The van der Waals surface area contributed by atoms with Crippen LogP contribution < -0.4 is 29.1 Å². The molecule has 0 fully saturated rings. The lowest BCUT2D eigenvalue weighted by Gasteiger charge is -2.26. The molecule has 39 heavy (non-hydrogen) atoms. The summed E-state index contributed by atoms with van der Waals surface area (Å²) < 4.78 is 23.9. The zero-order valence-electron chi connectivity index (χ0n) is 22.4. The van der Waals surface area contributed by atoms with Gasteiger partial charge in [-0.15, -0.1) is 0 Å². The first-order chi connectivity index (χ1) is 18.7. The maximum absolute atomic E-state index is 13.8. The van der Waals surface area contributed by atoms with Gasteiger partial charge in [-0.1, -0.05) is 36.1 Å². The van der Waals surface area contributed by atoms with Gasteiger partial charge in [-0.05, 0) is 62.2 Å². The smallest absolute Gasteiger partial charge is 0.338 e. The number of aromatic hydroxyl groups is 1. The second kappa shape index (κ2) is 11.6. The van der Waals surface area contributed by atoms with E-state index in [1.54, 1.807) is 63.3 Å². The minimum atomic E-state index is -0.814. The molecule has 2 heterocycles. The lowest BCUT2D eigenvalue weighted by molar-refractivity contribution is -0.143. The number of aromatic nitrogens is 1. The van der Waals surface area contributed by atoms with Crippen LogP contribution in [0.25, 0.3) is 6.08 Å². The summed E-state index contributed by atoms with van der Waals surface area (Å²) in [6, 6.07) is 9.26. The van der Waals surface area contributed by atoms with Crippen LogP contribution in [0.1, 0.15) is 37.9 Å². The van der Waals surface area contributed by atoms with Crippen LogP contribution in [0, 0.1) is 0 Å². The van der Waals surface area contributed by atoms with Gasteiger partial charge in [-0.3, -0.25) is 9.36 Å². The standard InChI is InChI=1S/C29H30N2O7S/c1-7-12-37-21-11-9-19(15-23(21)36-6)26-25(28(34)38-16(2)3)17(4)30-29-31(26)27(33)24(39-29)14-18-8-10-20(32)22(13-18)35-5/h7-11,13-16,26,32H,1,12H2,2-6H3/b24-14-. The van der Waals surface area contributed by atoms with E-state index < -0.39 is 12.0 Å². The molecule has 0 bridgehead atoms. The average Bonchev–Trinajstić information content (AvgIpc) is 3.21. The Hall–Kier alpha value is -4.31. The maximum Gasteiger partial charge on any atom is 0.338 e. The molecule has 9 nitrogen and oxygen atoms in total. The number of phenols is 1. The second-order valence-electron chi connectivity index (χ2n) is 8.98. The van der Waals surface area contributed by atoms with Crippen molar-refractivity contribution >= 4 is 23.4 Å². The van der Waals surface area contributed by atoms with Crippen molar-refractivity contribution in [2.75, 3.05) is 20.8 Å². The van der Waals surface area contributed by atoms with Crippen molar-refractivity contribution in [3.63, 3.8) is 0 Å². The van der Waals surface area contributed by atoms with Crippen LogP contribution in [0.4, 0.5) is 0 Å². The minimum Gasteiger partial charge on any atom is -0.504 e. The Morgan fingerprint density at radius 3 is 2.56 bits per heavy atom. The van der Waals surface area contributed by atoms with E-state index in [0.29, 0.717) is 44.3 Å². The van der Waals surface area contributed by atoms with Gasteiger partial charge >= 0.3 is 5.97 Å². The number of ether oxygens (including phenoxy) is 4. The summed E-state index contributed by atoms with van der Waals surface area (Å²) in [6.07, 6.45) is 2.96. The van der Waals surface area contributed by atoms with E-state index in [1.807, 2.05) is 0 Å². The number of esters is 1. The summed E-state index contributed by atoms with van der Waals surface area (Å²) in [5.41, 5.74) is 1.67. The van der Waals surface area contributed by atoms with Crippen LogP contribution in [-0.4, -0.2) is 42.6 Å². The molecule has 1 aromatic heterocycles. The molecule has 0 saturated carbocycles. The lowest BCUT2D eigenvalue weighted by atomic mass is 9.95. The summed E-state index contributed by atoms with van der Waals surface area (Å²) in [6.45, 7) is 9.21. The van der Waals surface area contributed by atoms with Gasteiger partial charge in [-0.25, -0.2) is 9.79 Å². The van der Waals surface area contributed by atoms with E-state index in [9.17, 15) is 14.7 Å². The highest BCUT2D eigenvalue weighted by Crippen LogP contribution is 2.36. The quantitative estimate of drug-likeness (QED) is 0.321. The number of phenolic OH excluding ortho intramolecular Hbond substituents is 1. The number of nitrogens with zero attached hydrogens (tertiary/aromatic N) is 2. The predicted octanol–water partition coefficient (Wildman–Crippen LogP) is 3.47. The molecule has 0 saturated heterocycles. The van der Waals surface area contributed by atoms with Crippen LogP contribution in [0.2, 0.25) is 0 Å². The molecule has 2 aromatic carbocycles. The molecule has 1 aliphatic rings. The fraction of sp³-hybridized carbons (Fsp3) is 0.276. The third-order valence-corrected chi connectivity index (χ3v) is 6.93. The number of rotatable bonds is 9. The summed E-state index contributed by atoms with van der Waals surface area (Å²) in [7, 11) is 2.97. The molecule has 1 N–H and O–H groups in total. The molecular formula is C29H30N2O7S. The summed E-state index contributed by atoms with van der Waals surface area (Å²) in [5, 5.41) is 9.94. The Labute approximate surface area is 229 Å². The van der Waals surface area contributed by atoms with Gasteiger partial charge in [0, 0.05) is 0 Å². The summed E-state index contributed by atoms with van der Waals surface area (Å²) in [4.78, 5) is 32.2. The number of benzene rings is 2. The third kappa shape index (κ3) is 5.61. The third-order valence-electron chi connectivity index (χ3n) is 5.95. The van der Waals surface area contributed by atoms with Gasteiger partial charge in [0.2, 0.25) is 0 Å². The highest BCUT2D eigenvalue weighted by atomic mass is 32.1. The molecule has 1 atom stereocenters. The lowest BCUT2D eigenvalue weighted by Crippen LogP contribution is -2.40. The van der Waals surface area contributed by atoms with Crippen molar-refractivity contribution in [3.8, 4) is 23.0 Å². The summed E-state index contributed by atoms with van der Waals surface area (Å²) in [5.74, 6) is 0.671. The van der Waals surface area contributed by atoms with Gasteiger partial charge in [0.25, 0.3) is 5.56 Å². The van der Waals surface area contributed by atoms with Crippen LogP contribution in [-0.2, 0) is 9.53 Å². The summed E-state index contributed by atoms with van der Waals surface area (Å²) >= 11 is 1.20. The second-order valence-corrected chi connectivity index (χ2v) is 9.99. The maximum atomic E-state index is 13.8. The number of allylic oxidation sites excluding steroid dienone is 1. The molecule has 0 radical (unpaired) electrons. The van der Waals surface area contributed by atoms with Crippen molar-refractivity contribution in [2.24, 2.45) is 4.99 Å². The fourth-order valence-electron chi connectivity index (χ4n) is 4.23. The largest absolute Gasteiger partial charge is 0.504 e. The number of methoxy groups -OCH3 is 2. The van der Waals surface area contributed by atoms with E-state index in [4.69, 9.17) is 18.9 Å². The first kappa shape index (κ1) is 27.7. The highest BCUT2D eigenvalue weighted by Gasteiger charge is 2.34. The van der Waals surface area contributed by atoms with Crippen LogP contribution >= 0.6 is 11.3 Å². The Morgan fingerprint density at radius 2 is 1.90 bits per heavy atom. The molecule has 1 unspecified atom stereocenters. The van der Waals surface area contributed by atoms with Crippen molar-refractivity contribution in [3.05, 3.63) is 91.1 Å². The minimum absolute atomic E-state index is 0.00509. The van der Waals surface area contributed by atoms with Crippen molar-refractivity contribution in [1.82, 2.24) is 4.57 Å². The molecule has 3 aromatic rings. The number of hydrogen-bond acceptors (Lipinski definition) is 9. The normalized spacial score (nSPS) is 15.0. The first-order valence-electron chi connectivity index (χ1n) is 12.2. The Bertz CT molecular complexity index is 1630. The van der Waals surface area contributed by atoms with E-state index >= 15 is 0 Å². The molecule has 4 rings (SSSR count).